The van der Waals surface area contributed by atoms with Crippen LogP contribution in [0.5, 0.6) is 0 Å². The molecule has 1 aliphatic carbocycles. The number of fused-ring (bicyclic) bond motifs is 1. The minimum atomic E-state index is -0.0970. The first-order valence-corrected chi connectivity index (χ1v) is 7.84. The number of carbonyl (C=O) groups excluding carboxylic acids is 1. The number of benzene rings is 1. The maximum atomic E-state index is 12.4. The smallest absolute Gasteiger partial charge is 0.243 e. The van der Waals surface area contributed by atoms with E-state index in [1.807, 2.05) is 18.2 Å². The highest BCUT2D eigenvalue weighted by Gasteiger charge is 2.35. The molecule has 3 rings (SSSR count). The van der Waals surface area contributed by atoms with E-state index in [0.717, 1.165) is 24.4 Å². The molecule has 1 saturated carbocycles. The molecule has 3 unspecified atom stereocenters. The van der Waals surface area contributed by atoms with Crippen molar-refractivity contribution in [3.8, 4) is 0 Å². The Labute approximate surface area is 121 Å². The van der Waals surface area contributed by atoms with E-state index in [0.29, 0.717) is 12.0 Å². The lowest BCUT2D eigenvalue weighted by Crippen LogP contribution is -2.45. The van der Waals surface area contributed by atoms with Crippen LogP contribution < -0.4 is 10.6 Å². The average molecular weight is 272 g/mol. The Hall–Kier alpha value is -1.51. The second-order valence-corrected chi connectivity index (χ2v) is 6.28. The summed E-state index contributed by atoms with van der Waals surface area (Å²) >= 11 is 0. The molecule has 1 fully saturated rings. The summed E-state index contributed by atoms with van der Waals surface area (Å²) in [5.74, 6) is 1.54. The van der Waals surface area contributed by atoms with E-state index >= 15 is 0 Å². The Bertz CT molecular complexity index is 475. The van der Waals surface area contributed by atoms with Crippen molar-refractivity contribution in [2.45, 2.75) is 51.6 Å². The fourth-order valence-electron chi connectivity index (χ4n) is 3.77. The van der Waals surface area contributed by atoms with E-state index in [1.54, 1.807) is 0 Å². The van der Waals surface area contributed by atoms with Crippen molar-refractivity contribution in [2.75, 3.05) is 5.32 Å². The van der Waals surface area contributed by atoms with Gasteiger partial charge in [-0.05, 0) is 36.3 Å². The van der Waals surface area contributed by atoms with Crippen LogP contribution >= 0.6 is 0 Å². The summed E-state index contributed by atoms with van der Waals surface area (Å²) in [4.78, 5) is 12.4. The van der Waals surface area contributed by atoms with Crippen LogP contribution in [0, 0.1) is 11.8 Å². The van der Waals surface area contributed by atoms with E-state index in [-0.39, 0.29) is 11.9 Å². The zero-order valence-electron chi connectivity index (χ0n) is 12.4. The average Bonchev–Trinajstić information content (AvgIpc) is 3.03. The summed E-state index contributed by atoms with van der Waals surface area (Å²) < 4.78 is 0. The van der Waals surface area contributed by atoms with Crippen LogP contribution in [-0.2, 0) is 11.2 Å². The van der Waals surface area contributed by atoms with Crippen LogP contribution in [-0.4, -0.2) is 18.0 Å². The van der Waals surface area contributed by atoms with Gasteiger partial charge in [-0.25, -0.2) is 0 Å². The molecule has 0 aromatic heterocycles. The topological polar surface area (TPSA) is 41.1 Å². The fourth-order valence-corrected chi connectivity index (χ4v) is 3.77. The summed E-state index contributed by atoms with van der Waals surface area (Å²) in [6.07, 6.45) is 4.41. The number of hydrogen-bond acceptors (Lipinski definition) is 2. The predicted molar refractivity (Wildman–Crippen MR) is 81.7 cm³/mol. The highest BCUT2D eigenvalue weighted by atomic mass is 16.2. The summed E-state index contributed by atoms with van der Waals surface area (Å²) in [5, 5.41) is 6.60. The van der Waals surface area contributed by atoms with Crippen molar-refractivity contribution in [2.24, 2.45) is 11.8 Å². The minimum Gasteiger partial charge on any atom is -0.373 e. The standard InChI is InChI=1S/C17H24N2O/c1-3-12-8-9-14(11(12)2)19-17(20)16-10-13-6-4-5-7-15(13)18-16/h4-7,11-12,14,16,18H,3,8-10H2,1-2H3,(H,19,20)/t11?,12?,14?,16-/m0/s1. The number of anilines is 1. The molecule has 1 heterocycles. The third-order valence-electron chi connectivity index (χ3n) is 5.17. The summed E-state index contributed by atoms with van der Waals surface area (Å²) in [5.41, 5.74) is 2.36. The van der Waals surface area contributed by atoms with E-state index in [2.05, 4.69) is 30.5 Å². The molecule has 1 aromatic rings. The molecular formula is C17H24N2O. The second-order valence-electron chi connectivity index (χ2n) is 6.28. The Balaban J connectivity index is 1.59. The van der Waals surface area contributed by atoms with E-state index < -0.39 is 0 Å². The molecule has 0 radical (unpaired) electrons. The number of carbonyl (C=O) groups is 1. The minimum absolute atomic E-state index is 0.0970. The summed E-state index contributed by atoms with van der Waals surface area (Å²) in [6.45, 7) is 4.53. The van der Waals surface area contributed by atoms with Gasteiger partial charge in [-0.3, -0.25) is 4.79 Å². The molecule has 0 bridgehead atoms. The first kappa shape index (κ1) is 13.5. The molecular weight excluding hydrogens is 248 g/mol. The molecule has 2 aliphatic rings. The Kier molecular flexibility index (Phi) is 3.68. The van der Waals surface area contributed by atoms with E-state index in [1.165, 1.54) is 18.4 Å². The number of amides is 1. The van der Waals surface area contributed by atoms with Gasteiger partial charge in [-0.15, -0.1) is 0 Å². The maximum Gasteiger partial charge on any atom is 0.243 e. The third kappa shape index (κ3) is 2.41. The van der Waals surface area contributed by atoms with Gasteiger partial charge in [0.1, 0.15) is 6.04 Å². The molecule has 1 aromatic carbocycles. The maximum absolute atomic E-state index is 12.4. The van der Waals surface area contributed by atoms with Crippen LogP contribution in [0.1, 0.15) is 38.7 Å². The zero-order chi connectivity index (χ0) is 14.1. The SMILES string of the molecule is CCC1CCC(NC(=O)[C@@H]2Cc3ccccc3N2)C1C. The molecule has 20 heavy (non-hydrogen) atoms. The van der Waals surface area contributed by atoms with Gasteiger partial charge in [0.25, 0.3) is 0 Å². The lowest BCUT2D eigenvalue weighted by Gasteiger charge is -2.22. The molecule has 108 valence electrons. The Morgan fingerprint density at radius 1 is 1.35 bits per heavy atom. The van der Waals surface area contributed by atoms with E-state index in [4.69, 9.17) is 0 Å². The zero-order valence-corrected chi connectivity index (χ0v) is 12.4. The van der Waals surface area contributed by atoms with Gasteiger partial charge in [0.05, 0.1) is 0 Å². The molecule has 2 N–H and O–H groups in total. The van der Waals surface area contributed by atoms with Gasteiger partial charge in [0.2, 0.25) is 5.91 Å². The molecule has 3 heteroatoms. The van der Waals surface area contributed by atoms with Crippen molar-refractivity contribution in [1.82, 2.24) is 5.32 Å². The van der Waals surface area contributed by atoms with Crippen molar-refractivity contribution in [1.29, 1.82) is 0 Å². The van der Waals surface area contributed by atoms with Gasteiger partial charge in [0.15, 0.2) is 0 Å². The van der Waals surface area contributed by atoms with Crippen molar-refractivity contribution < 1.29 is 4.79 Å². The van der Waals surface area contributed by atoms with Crippen molar-refractivity contribution in [3.63, 3.8) is 0 Å². The second kappa shape index (κ2) is 5.47. The lowest BCUT2D eigenvalue weighted by atomic mass is 9.93. The highest BCUT2D eigenvalue weighted by Crippen LogP contribution is 2.34. The first-order chi connectivity index (χ1) is 9.69. The fraction of sp³-hybridized carbons (Fsp3) is 0.588. The molecule has 1 aliphatic heterocycles. The molecule has 4 atom stereocenters. The Morgan fingerprint density at radius 2 is 2.15 bits per heavy atom. The predicted octanol–water partition coefficient (Wildman–Crippen LogP) is 2.96. The molecule has 1 amide bonds. The van der Waals surface area contributed by atoms with Gasteiger partial charge >= 0.3 is 0 Å². The molecule has 3 nitrogen and oxygen atoms in total. The number of rotatable bonds is 3. The Morgan fingerprint density at radius 3 is 2.85 bits per heavy atom. The van der Waals surface area contributed by atoms with Crippen molar-refractivity contribution >= 4 is 11.6 Å². The van der Waals surface area contributed by atoms with Gasteiger partial charge < -0.3 is 10.6 Å². The van der Waals surface area contributed by atoms with Gasteiger partial charge in [-0.1, -0.05) is 38.5 Å². The van der Waals surface area contributed by atoms with Crippen LogP contribution in [0.4, 0.5) is 5.69 Å². The first-order valence-electron chi connectivity index (χ1n) is 7.84. The van der Waals surface area contributed by atoms with Crippen LogP contribution in [0.25, 0.3) is 0 Å². The third-order valence-corrected chi connectivity index (χ3v) is 5.17. The van der Waals surface area contributed by atoms with Crippen LogP contribution in [0.3, 0.4) is 0 Å². The number of hydrogen-bond donors (Lipinski definition) is 2. The van der Waals surface area contributed by atoms with Gasteiger partial charge in [-0.2, -0.15) is 0 Å². The van der Waals surface area contributed by atoms with Crippen LogP contribution in [0.15, 0.2) is 24.3 Å². The van der Waals surface area contributed by atoms with Gasteiger partial charge in [0, 0.05) is 18.2 Å². The normalized spacial score (nSPS) is 31.7. The number of nitrogens with one attached hydrogen (secondary N) is 2. The molecule has 0 spiro atoms. The lowest BCUT2D eigenvalue weighted by molar-refractivity contribution is -0.122. The van der Waals surface area contributed by atoms with Crippen LogP contribution in [0.2, 0.25) is 0 Å². The quantitative estimate of drug-likeness (QED) is 0.888. The molecule has 0 saturated heterocycles. The largest absolute Gasteiger partial charge is 0.373 e. The van der Waals surface area contributed by atoms with Crippen molar-refractivity contribution in [3.05, 3.63) is 29.8 Å². The summed E-state index contributed by atoms with van der Waals surface area (Å²) in [7, 11) is 0. The summed E-state index contributed by atoms with van der Waals surface area (Å²) in [6, 6.07) is 8.45. The van der Waals surface area contributed by atoms with E-state index in [9.17, 15) is 4.79 Å². The monoisotopic (exact) mass is 272 g/mol. The number of para-hydroxylation sites is 1. The highest BCUT2D eigenvalue weighted by molar-refractivity contribution is 5.87.